The van der Waals surface area contributed by atoms with Crippen molar-refractivity contribution in [2.45, 2.75) is 5.16 Å². The van der Waals surface area contributed by atoms with Gasteiger partial charge in [-0.3, -0.25) is 14.7 Å². The summed E-state index contributed by atoms with van der Waals surface area (Å²) >= 11 is 1.22. The number of hydrogen-bond acceptors (Lipinski definition) is 5. The summed E-state index contributed by atoms with van der Waals surface area (Å²) in [5.74, 6) is 0.400. The zero-order valence-electron chi connectivity index (χ0n) is 15.9. The molecule has 0 bridgehead atoms. The number of anilines is 1. The van der Waals surface area contributed by atoms with E-state index >= 15 is 0 Å². The number of hydrogen-bond donors (Lipinski definition) is 2. The summed E-state index contributed by atoms with van der Waals surface area (Å²) in [6, 6.07) is 25.6. The molecule has 4 rings (SSSR count). The second kappa shape index (κ2) is 9.19. The minimum atomic E-state index is -0.237. The summed E-state index contributed by atoms with van der Waals surface area (Å²) in [7, 11) is 0. The van der Waals surface area contributed by atoms with Crippen molar-refractivity contribution >= 4 is 29.1 Å². The smallest absolute Gasteiger partial charge is 0.234 e. The molecule has 7 heteroatoms. The van der Waals surface area contributed by atoms with E-state index in [0.29, 0.717) is 27.8 Å². The van der Waals surface area contributed by atoms with Crippen molar-refractivity contribution in [1.29, 1.82) is 0 Å². The molecule has 0 saturated carbocycles. The molecule has 0 aliphatic heterocycles. The van der Waals surface area contributed by atoms with Crippen molar-refractivity contribution in [2.24, 2.45) is 0 Å². The van der Waals surface area contributed by atoms with E-state index in [1.807, 2.05) is 48.5 Å². The molecule has 1 heterocycles. The topological polar surface area (TPSA) is 87.7 Å². The lowest BCUT2D eigenvalue weighted by atomic mass is 10.0. The van der Waals surface area contributed by atoms with Gasteiger partial charge in [-0.1, -0.05) is 84.6 Å². The second-order valence-corrected chi connectivity index (χ2v) is 7.35. The van der Waals surface area contributed by atoms with Crippen LogP contribution in [0.25, 0.3) is 11.4 Å². The van der Waals surface area contributed by atoms with Crippen molar-refractivity contribution in [1.82, 2.24) is 15.2 Å². The standard InChI is InChI=1S/C23H18N4O2S/c28-20(15-30-23-25-22(26-27-23)17-11-5-2-6-12-17)24-19-14-8-7-13-18(19)21(29)16-9-3-1-4-10-16/h1-14H,15H2,(H,24,28)(H,25,26,27). The van der Waals surface area contributed by atoms with E-state index in [1.165, 1.54) is 11.8 Å². The molecule has 3 aromatic carbocycles. The largest absolute Gasteiger partial charge is 0.325 e. The molecular formula is C23H18N4O2S. The van der Waals surface area contributed by atoms with Crippen molar-refractivity contribution < 1.29 is 9.59 Å². The van der Waals surface area contributed by atoms with Gasteiger partial charge in [0.15, 0.2) is 11.6 Å². The third-order valence-electron chi connectivity index (χ3n) is 4.33. The van der Waals surface area contributed by atoms with Crippen LogP contribution in [0.4, 0.5) is 5.69 Å². The maximum Gasteiger partial charge on any atom is 0.234 e. The predicted molar refractivity (Wildman–Crippen MR) is 117 cm³/mol. The Kier molecular flexibility index (Phi) is 6.01. The summed E-state index contributed by atoms with van der Waals surface area (Å²) in [5.41, 5.74) is 2.43. The van der Waals surface area contributed by atoms with Gasteiger partial charge in [-0.15, -0.1) is 5.10 Å². The van der Waals surface area contributed by atoms with Crippen LogP contribution in [-0.4, -0.2) is 32.6 Å². The number of carbonyl (C=O) groups is 2. The first-order valence-corrected chi connectivity index (χ1v) is 10.3. The van der Waals surface area contributed by atoms with Crippen LogP contribution in [0.15, 0.2) is 90.1 Å². The SMILES string of the molecule is O=C(CSc1n[nH]c(-c2ccccc2)n1)Nc1ccccc1C(=O)c1ccccc1. The number of para-hydroxylation sites is 1. The maximum absolute atomic E-state index is 12.8. The molecule has 0 radical (unpaired) electrons. The highest BCUT2D eigenvalue weighted by Crippen LogP contribution is 2.21. The highest BCUT2D eigenvalue weighted by atomic mass is 32.2. The molecule has 4 aromatic rings. The molecule has 0 atom stereocenters. The second-order valence-electron chi connectivity index (χ2n) is 6.41. The third kappa shape index (κ3) is 4.64. The zero-order valence-corrected chi connectivity index (χ0v) is 16.7. The molecule has 0 aliphatic carbocycles. The number of amides is 1. The number of nitrogens with one attached hydrogen (secondary N) is 2. The van der Waals surface area contributed by atoms with Gasteiger partial charge in [0.25, 0.3) is 0 Å². The van der Waals surface area contributed by atoms with E-state index < -0.39 is 0 Å². The van der Waals surface area contributed by atoms with Gasteiger partial charge in [-0.05, 0) is 12.1 Å². The zero-order chi connectivity index (χ0) is 20.8. The lowest BCUT2D eigenvalue weighted by Gasteiger charge is -2.10. The number of aromatic nitrogens is 3. The summed E-state index contributed by atoms with van der Waals surface area (Å²) in [6.45, 7) is 0. The average Bonchev–Trinajstić information content (AvgIpc) is 3.28. The molecule has 6 nitrogen and oxygen atoms in total. The van der Waals surface area contributed by atoms with Crippen molar-refractivity contribution in [2.75, 3.05) is 11.1 Å². The van der Waals surface area contributed by atoms with E-state index in [0.717, 1.165) is 5.56 Å². The number of ketones is 1. The van der Waals surface area contributed by atoms with Gasteiger partial charge < -0.3 is 5.32 Å². The quantitative estimate of drug-likeness (QED) is 0.345. The molecule has 0 aliphatic rings. The van der Waals surface area contributed by atoms with E-state index in [9.17, 15) is 9.59 Å². The molecule has 1 amide bonds. The minimum Gasteiger partial charge on any atom is -0.325 e. The molecular weight excluding hydrogens is 396 g/mol. The first kappa shape index (κ1) is 19.6. The van der Waals surface area contributed by atoms with Gasteiger partial charge >= 0.3 is 0 Å². The normalized spacial score (nSPS) is 10.5. The van der Waals surface area contributed by atoms with Crippen molar-refractivity contribution in [3.05, 3.63) is 96.1 Å². The molecule has 2 N–H and O–H groups in total. The summed E-state index contributed by atoms with van der Waals surface area (Å²) in [5, 5.41) is 10.3. The van der Waals surface area contributed by atoms with Crippen LogP contribution in [0.2, 0.25) is 0 Å². The first-order chi connectivity index (χ1) is 14.7. The third-order valence-corrected chi connectivity index (χ3v) is 5.17. The van der Waals surface area contributed by atoms with Gasteiger partial charge in [0.1, 0.15) is 0 Å². The minimum absolute atomic E-state index is 0.125. The highest BCUT2D eigenvalue weighted by molar-refractivity contribution is 7.99. The maximum atomic E-state index is 12.8. The molecule has 0 spiro atoms. The fraction of sp³-hybridized carbons (Fsp3) is 0.0435. The van der Waals surface area contributed by atoms with Gasteiger partial charge in [0, 0.05) is 16.7 Å². The van der Waals surface area contributed by atoms with E-state index in [1.54, 1.807) is 36.4 Å². The first-order valence-electron chi connectivity index (χ1n) is 9.30. The van der Waals surface area contributed by atoms with E-state index in [2.05, 4.69) is 20.5 Å². The number of benzene rings is 3. The van der Waals surface area contributed by atoms with Crippen LogP contribution < -0.4 is 5.32 Å². The number of rotatable bonds is 7. The van der Waals surface area contributed by atoms with Crippen molar-refractivity contribution in [3.63, 3.8) is 0 Å². The molecule has 148 valence electrons. The Bertz CT molecular complexity index is 1160. The average molecular weight is 414 g/mol. The van der Waals surface area contributed by atoms with E-state index in [-0.39, 0.29) is 17.4 Å². The summed E-state index contributed by atoms with van der Waals surface area (Å²) in [4.78, 5) is 29.7. The number of H-pyrrole nitrogens is 1. The molecule has 0 saturated heterocycles. The highest BCUT2D eigenvalue weighted by Gasteiger charge is 2.15. The molecule has 0 fully saturated rings. The lowest BCUT2D eigenvalue weighted by molar-refractivity contribution is -0.113. The van der Waals surface area contributed by atoms with Crippen molar-refractivity contribution in [3.8, 4) is 11.4 Å². The van der Waals surface area contributed by atoms with Crippen LogP contribution in [0.5, 0.6) is 0 Å². The van der Waals surface area contributed by atoms with Gasteiger partial charge in [-0.2, -0.15) is 0 Å². The summed E-state index contributed by atoms with van der Waals surface area (Å²) < 4.78 is 0. The predicted octanol–water partition coefficient (Wildman–Crippen LogP) is 4.43. The van der Waals surface area contributed by atoms with Crippen LogP contribution in [0.3, 0.4) is 0 Å². The Morgan fingerprint density at radius 3 is 2.30 bits per heavy atom. The molecule has 30 heavy (non-hydrogen) atoms. The van der Waals surface area contributed by atoms with Crippen LogP contribution >= 0.6 is 11.8 Å². The fourth-order valence-corrected chi connectivity index (χ4v) is 3.49. The van der Waals surface area contributed by atoms with E-state index in [4.69, 9.17) is 0 Å². The van der Waals surface area contributed by atoms with Gasteiger partial charge in [-0.25, -0.2) is 4.98 Å². The van der Waals surface area contributed by atoms with Crippen LogP contribution in [0, 0.1) is 0 Å². The Labute approximate surface area is 177 Å². The Morgan fingerprint density at radius 2 is 1.53 bits per heavy atom. The monoisotopic (exact) mass is 414 g/mol. The fourth-order valence-electron chi connectivity index (χ4n) is 2.89. The van der Waals surface area contributed by atoms with Gasteiger partial charge in [0.05, 0.1) is 11.4 Å². The summed E-state index contributed by atoms with van der Waals surface area (Å²) in [6.07, 6.45) is 0. The lowest BCUT2D eigenvalue weighted by Crippen LogP contribution is -2.17. The number of aromatic amines is 1. The Balaban J connectivity index is 1.41. The van der Waals surface area contributed by atoms with Crippen LogP contribution in [0.1, 0.15) is 15.9 Å². The molecule has 1 aromatic heterocycles. The number of thioether (sulfide) groups is 1. The Morgan fingerprint density at radius 1 is 0.867 bits per heavy atom. The number of nitrogens with zero attached hydrogens (tertiary/aromatic N) is 2. The molecule has 0 unspecified atom stereocenters. The van der Waals surface area contributed by atoms with Crippen LogP contribution in [-0.2, 0) is 4.79 Å². The number of carbonyl (C=O) groups excluding carboxylic acids is 2. The Hall–Kier alpha value is -3.71. The van der Waals surface area contributed by atoms with Gasteiger partial charge in [0.2, 0.25) is 11.1 Å².